The Bertz CT molecular complexity index is 455. The second-order valence-corrected chi connectivity index (χ2v) is 6.84. The van der Waals surface area contributed by atoms with Gasteiger partial charge in [-0.05, 0) is 28.9 Å². The van der Waals surface area contributed by atoms with Gasteiger partial charge in [-0.15, -0.1) is 11.3 Å². The van der Waals surface area contributed by atoms with Crippen LogP contribution in [0.3, 0.4) is 0 Å². The van der Waals surface area contributed by atoms with Crippen molar-refractivity contribution in [2.45, 2.75) is 25.3 Å². The molecule has 3 nitrogen and oxygen atoms in total. The summed E-state index contributed by atoms with van der Waals surface area (Å²) in [7, 11) is 0. The maximum atomic E-state index is 11.5. The third-order valence-electron chi connectivity index (χ3n) is 2.48. The number of nitrogens with one attached hydrogen (secondary N) is 1. The smallest absolute Gasteiger partial charge is 0.228 e. The number of ketones is 1. The maximum Gasteiger partial charge on any atom is 0.228 e. The molecule has 0 saturated carbocycles. The molecule has 1 atom stereocenters. The summed E-state index contributed by atoms with van der Waals surface area (Å²) in [5.41, 5.74) is -0.666. The number of halogens is 2. The van der Waals surface area contributed by atoms with E-state index in [-0.39, 0.29) is 18.1 Å². The Morgan fingerprint density at radius 1 is 1.56 bits per heavy atom. The number of amides is 1. The zero-order chi connectivity index (χ0) is 11.9. The number of thiophene rings is 1. The number of hydrogen-bond acceptors (Lipinski definition) is 3. The van der Waals surface area contributed by atoms with Gasteiger partial charge >= 0.3 is 0 Å². The molecule has 1 aromatic heterocycles. The largest absolute Gasteiger partial charge is 0.345 e. The monoisotopic (exact) mass is 321 g/mol. The predicted octanol–water partition coefficient (Wildman–Crippen LogP) is 2.86. The van der Waals surface area contributed by atoms with E-state index >= 15 is 0 Å². The van der Waals surface area contributed by atoms with E-state index in [0.717, 1.165) is 8.66 Å². The minimum absolute atomic E-state index is 0.0280. The predicted molar refractivity (Wildman–Crippen MR) is 66.8 cm³/mol. The molecule has 0 radical (unpaired) electrons. The van der Waals surface area contributed by atoms with Gasteiger partial charge in [0, 0.05) is 11.3 Å². The Morgan fingerprint density at radius 2 is 2.25 bits per heavy atom. The summed E-state index contributed by atoms with van der Waals surface area (Å²) in [5.74, 6) is -0.286. The van der Waals surface area contributed by atoms with Gasteiger partial charge < -0.3 is 5.32 Å². The first-order valence-electron chi connectivity index (χ1n) is 4.69. The Hall–Kier alpha value is -0.390. The topological polar surface area (TPSA) is 46.2 Å². The van der Waals surface area contributed by atoms with Crippen molar-refractivity contribution in [1.82, 2.24) is 5.32 Å². The van der Waals surface area contributed by atoms with Crippen LogP contribution < -0.4 is 5.32 Å². The van der Waals surface area contributed by atoms with Crippen LogP contribution in [0.1, 0.15) is 24.6 Å². The third-order valence-corrected chi connectivity index (χ3v) is 4.79. The standard InChI is InChI=1S/C10H9BrClNO2S/c1-10(4-5(14)2-8(15)13-10)9-6(12)3-7(11)16-9/h3H,2,4H2,1H3,(H,13,15)/t10-/m0/s1. The molecule has 2 rings (SSSR count). The van der Waals surface area contributed by atoms with Crippen molar-refractivity contribution in [3.63, 3.8) is 0 Å². The summed E-state index contributed by atoms with van der Waals surface area (Å²) >= 11 is 10.9. The molecular weight excluding hydrogens is 314 g/mol. The number of carbonyl (C=O) groups excluding carboxylic acids is 2. The van der Waals surface area contributed by atoms with Crippen molar-refractivity contribution in [3.8, 4) is 0 Å². The van der Waals surface area contributed by atoms with E-state index in [0.29, 0.717) is 11.4 Å². The number of rotatable bonds is 1. The average Bonchev–Trinajstić information content (AvgIpc) is 2.43. The van der Waals surface area contributed by atoms with E-state index in [1.807, 2.05) is 6.92 Å². The number of Topliss-reactive ketones (excluding diaryl/α,β-unsaturated/α-hetero) is 1. The van der Waals surface area contributed by atoms with Gasteiger partial charge in [-0.25, -0.2) is 0 Å². The van der Waals surface area contributed by atoms with Gasteiger partial charge in [0.1, 0.15) is 5.78 Å². The van der Waals surface area contributed by atoms with E-state index in [1.165, 1.54) is 11.3 Å². The fourth-order valence-corrected chi connectivity index (χ4v) is 4.11. The van der Waals surface area contributed by atoms with Crippen molar-refractivity contribution < 1.29 is 9.59 Å². The molecule has 1 aromatic rings. The molecule has 0 unspecified atom stereocenters. The molecule has 2 heterocycles. The highest BCUT2D eigenvalue weighted by atomic mass is 79.9. The molecule has 0 spiro atoms. The first-order chi connectivity index (χ1) is 7.40. The van der Waals surface area contributed by atoms with Crippen molar-refractivity contribution >= 4 is 50.6 Å². The summed E-state index contributed by atoms with van der Waals surface area (Å²) in [6, 6.07) is 1.78. The summed E-state index contributed by atoms with van der Waals surface area (Å²) in [5, 5.41) is 3.42. The Kier molecular flexibility index (Phi) is 3.11. The lowest BCUT2D eigenvalue weighted by molar-refractivity contribution is -0.134. The minimum atomic E-state index is -0.666. The quantitative estimate of drug-likeness (QED) is 0.808. The summed E-state index contributed by atoms with van der Waals surface area (Å²) in [6.07, 6.45) is 0.269. The van der Waals surface area contributed by atoms with Gasteiger partial charge in [-0.1, -0.05) is 11.6 Å². The molecule has 0 aliphatic carbocycles. The molecule has 6 heteroatoms. The molecule has 1 fully saturated rings. The van der Waals surface area contributed by atoms with E-state index in [2.05, 4.69) is 21.2 Å². The van der Waals surface area contributed by atoms with Crippen LogP contribution in [0, 0.1) is 0 Å². The second kappa shape index (κ2) is 4.13. The highest BCUT2D eigenvalue weighted by molar-refractivity contribution is 9.11. The maximum absolute atomic E-state index is 11.5. The van der Waals surface area contributed by atoms with E-state index in [9.17, 15) is 9.59 Å². The molecule has 1 saturated heterocycles. The molecule has 1 aliphatic heterocycles. The van der Waals surface area contributed by atoms with Gasteiger partial charge in [-0.3, -0.25) is 9.59 Å². The minimum Gasteiger partial charge on any atom is -0.345 e. The highest BCUT2D eigenvalue weighted by Crippen LogP contribution is 2.41. The van der Waals surface area contributed by atoms with E-state index in [4.69, 9.17) is 11.6 Å². The lowest BCUT2D eigenvalue weighted by Crippen LogP contribution is -2.49. The van der Waals surface area contributed by atoms with Gasteiger partial charge in [0.05, 0.1) is 20.8 Å². The van der Waals surface area contributed by atoms with Gasteiger partial charge in [0.2, 0.25) is 5.91 Å². The molecule has 16 heavy (non-hydrogen) atoms. The summed E-state index contributed by atoms with van der Waals surface area (Å²) in [4.78, 5) is 23.7. The van der Waals surface area contributed by atoms with Crippen LogP contribution in [0.5, 0.6) is 0 Å². The molecule has 1 N–H and O–H groups in total. The first-order valence-corrected chi connectivity index (χ1v) is 6.67. The van der Waals surface area contributed by atoms with Crippen LogP contribution in [0.2, 0.25) is 5.02 Å². The second-order valence-electron chi connectivity index (χ2n) is 4.00. The van der Waals surface area contributed by atoms with Gasteiger partial charge in [0.25, 0.3) is 0 Å². The average molecular weight is 323 g/mol. The molecule has 1 amide bonds. The van der Waals surface area contributed by atoms with Crippen molar-refractivity contribution in [2.75, 3.05) is 0 Å². The number of hydrogen-bond donors (Lipinski definition) is 1. The summed E-state index contributed by atoms with van der Waals surface area (Å²) < 4.78 is 0.890. The Labute approximate surface area is 110 Å². The van der Waals surface area contributed by atoms with Crippen molar-refractivity contribution in [1.29, 1.82) is 0 Å². The zero-order valence-corrected chi connectivity index (χ0v) is 11.6. The molecule has 86 valence electrons. The Balaban J connectivity index is 2.41. The molecule has 0 bridgehead atoms. The zero-order valence-electron chi connectivity index (χ0n) is 8.47. The molecule has 1 aliphatic rings. The van der Waals surface area contributed by atoms with Gasteiger partial charge in [0.15, 0.2) is 0 Å². The summed E-state index contributed by atoms with van der Waals surface area (Å²) in [6.45, 7) is 1.83. The van der Waals surface area contributed by atoms with Crippen molar-refractivity contribution in [3.05, 3.63) is 19.8 Å². The first kappa shape index (κ1) is 12.1. The van der Waals surface area contributed by atoms with Crippen LogP contribution in [-0.4, -0.2) is 11.7 Å². The number of carbonyl (C=O) groups is 2. The molecular formula is C10H9BrClNO2S. The van der Waals surface area contributed by atoms with E-state index < -0.39 is 5.54 Å². The fourth-order valence-electron chi connectivity index (χ4n) is 1.89. The van der Waals surface area contributed by atoms with Crippen LogP contribution in [-0.2, 0) is 15.1 Å². The molecule has 0 aromatic carbocycles. The lowest BCUT2D eigenvalue weighted by Gasteiger charge is -2.33. The van der Waals surface area contributed by atoms with E-state index in [1.54, 1.807) is 6.07 Å². The van der Waals surface area contributed by atoms with Crippen LogP contribution in [0.25, 0.3) is 0 Å². The van der Waals surface area contributed by atoms with Crippen LogP contribution >= 0.6 is 38.9 Å². The Morgan fingerprint density at radius 3 is 2.75 bits per heavy atom. The third kappa shape index (κ3) is 2.17. The van der Waals surface area contributed by atoms with Gasteiger partial charge in [-0.2, -0.15) is 0 Å². The van der Waals surface area contributed by atoms with Crippen LogP contribution in [0.15, 0.2) is 9.85 Å². The number of piperidine rings is 1. The fraction of sp³-hybridized carbons (Fsp3) is 0.400. The lowest BCUT2D eigenvalue weighted by atomic mass is 9.88. The SMILES string of the molecule is C[C@@]1(c2sc(Br)cc2Cl)CC(=O)CC(=O)N1. The van der Waals surface area contributed by atoms with Crippen molar-refractivity contribution in [2.24, 2.45) is 0 Å². The highest BCUT2D eigenvalue weighted by Gasteiger charge is 2.38. The van der Waals surface area contributed by atoms with Crippen LogP contribution in [0.4, 0.5) is 0 Å². The normalized spacial score (nSPS) is 25.7.